The first-order chi connectivity index (χ1) is 3.29. The van der Waals surface area contributed by atoms with E-state index in [-0.39, 0.29) is 0 Å². The fourth-order valence-electron chi connectivity index (χ4n) is 0.321. The van der Waals surface area contributed by atoms with E-state index in [9.17, 15) is 0 Å². The summed E-state index contributed by atoms with van der Waals surface area (Å²) >= 11 is 6.91. The van der Waals surface area contributed by atoms with Gasteiger partial charge in [0, 0.05) is 22.9 Å². The van der Waals surface area contributed by atoms with Crippen LogP contribution in [-0.2, 0) is 0 Å². The van der Waals surface area contributed by atoms with Crippen LogP contribution in [0.3, 0.4) is 0 Å². The average molecular weight is 137 g/mol. The minimum atomic E-state index is 1.18. The Bertz CT molecular complexity index is 103. The number of nitrogens with one attached hydrogen (secondary N) is 1. The van der Waals surface area contributed by atoms with E-state index < -0.39 is 0 Å². The summed E-state index contributed by atoms with van der Waals surface area (Å²) in [6.07, 6.45) is 1.84. The molecule has 2 nitrogen and oxygen atoms in total. The van der Waals surface area contributed by atoms with Gasteiger partial charge >= 0.3 is 0 Å². The van der Waals surface area contributed by atoms with Crippen LogP contribution >= 0.6 is 23.7 Å². The third-order valence-corrected chi connectivity index (χ3v) is 1.57. The highest BCUT2D eigenvalue weighted by molar-refractivity contribution is 8.01. The zero-order valence-corrected chi connectivity index (χ0v) is 5.38. The predicted octanol–water partition coefficient (Wildman–Crippen LogP) is 1.47. The molecule has 0 fully saturated rings. The van der Waals surface area contributed by atoms with Gasteiger partial charge in [0.2, 0.25) is 0 Å². The molecule has 0 bridgehead atoms. The summed E-state index contributed by atoms with van der Waals surface area (Å²) in [5, 5.41) is 0. The SMILES string of the molecule is CC1=CNN(Cl)S1. The van der Waals surface area contributed by atoms with Crippen molar-refractivity contribution in [1.29, 1.82) is 0 Å². The van der Waals surface area contributed by atoms with E-state index in [0.717, 1.165) is 0 Å². The molecule has 0 spiro atoms. The summed E-state index contributed by atoms with van der Waals surface area (Å²) in [7, 11) is 0. The van der Waals surface area contributed by atoms with Crippen LogP contribution in [0, 0.1) is 0 Å². The molecule has 0 radical (unpaired) electrons. The molecule has 1 rings (SSSR count). The third-order valence-electron chi connectivity index (χ3n) is 0.593. The van der Waals surface area contributed by atoms with Crippen molar-refractivity contribution in [3.63, 3.8) is 0 Å². The Morgan fingerprint density at radius 3 is 2.86 bits per heavy atom. The van der Waals surface area contributed by atoms with E-state index >= 15 is 0 Å². The molecular formula is C3H5ClN2S. The van der Waals surface area contributed by atoms with Crippen LogP contribution in [0.25, 0.3) is 0 Å². The molecule has 0 aromatic heterocycles. The zero-order valence-electron chi connectivity index (χ0n) is 3.81. The maximum Gasteiger partial charge on any atom is 0.0256 e. The van der Waals surface area contributed by atoms with E-state index in [0.29, 0.717) is 0 Å². The third kappa shape index (κ3) is 1.26. The highest BCUT2D eigenvalue weighted by atomic mass is 35.5. The Hall–Kier alpha value is 0.140. The number of hydrogen-bond acceptors (Lipinski definition) is 3. The van der Waals surface area contributed by atoms with E-state index in [2.05, 4.69) is 5.43 Å². The number of halogens is 1. The fourth-order valence-corrected chi connectivity index (χ4v) is 1.16. The quantitative estimate of drug-likeness (QED) is 0.401. The molecule has 0 atom stereocenters. The molecule has 0 aromatic rings. The maximum atomic E-state index is 5.44. The van der Waals surface area contributed by atoms with Gasteiger partial charge in [0.1, 0.15) is 0 Å². The molecule has 1 aliphatic heterocycles. The van der Waals surface area contributed by atoms with Gasteiger partial charge in [0.05, 0.1) is 0 Å². The van der Waals surface area contributed by atoms with Crippen molar-refractivity contribution in [2.24, 2.45) is 0 Å². The minimum Gasteiger partial charge on any atom is -0.301 e. The van der Waals surface area contributed by atoms with Crippen LogP contribution in [0.15, 0.2) is 11.1 Å². The van der Waals surface area contributed by atoms with Crippen LogP contribution < -0.4 is 5.43 Å². The van der Waals surface area contributed by atoms with Crippen molar-refractivity contribution in [3.8, 4) is 0 Å². The monoisotopic (exact) mass is 136 g/mol. The smallest absolute Gasteiger partial charge is 0.0256 e. The summed E-state index contributed by atoms with van der Waals surface area (Å²) in [6.45, 7) is 1.99. The standard InChI is InChI=1S/C3H5ClN2S/c1-3-2-5-6(4)7-3/h2,5H,1H3. The number of hydrazine groups is 1. The van der Waals surface area contributed by atoms with Crippen molar-refractivity contribution in [2.45, 2.75) is 6.92 Å². The second-order valence-corrected chi connectivity index (χ2v) is 2.95. The molecule has 0 saturated heterocycles. The summed E-state index contributed by atoms with van der Waals surface area (Å²) in [5.74, 6) is 0. The molecule has 0 unspecified atom stereocenters. The Morgan fingerprint density at radius 2 is 2.71 bits per heavy atom. The zero-order chi connectivity index (χ0) is 5.28. The van der Waals surface area contributed by atoms with Gasteiger partial charge in [0.25, 0.3) is 0 Å². The first-order valence-corrected chi connectivity index (χ1v) is 2.97. The largest absolute Gasteiger partial charge is 0.301 e. The van der Waals surface area contributed by atoms with Crippen LogP contribution in [0.5, 0.6) is 0 Å². The van der Waals surface area contributed by atoms with Crippen LogP contribution in [0.4, 0.5) is 0 Å². The van der Waals surface area contributed by atoms with Gasteiger partial charge < -0.3 is 5.43 Å². The van der Waals surface area contributed by atoms with Gasteiger partial charge in [-0.1, -0.05) is 3.93 Å². The molecule has 1 heterocycles. The molecule has 7 heavy (non-hydrogen) atoms. The van der Waals surface area contributed by atoms with E-state index in [1.165, 1.54) is 20.8 Å². The lowest BCUT2D eigenvalue weighted by atomic mass is 10.7. The molecule has 0 saturated carbocycles. The lowest BCUT2D eigenvalue weighted by molar-refractivity contribution is 0.650. The molecule has 0 aliphatic carbocycles. The first kappa shape index (κ1) is 5.28. The summed E-state index contributed by atoms with van der Waals surface area (Å²) < 4.78 is 1.43. The maximum absolute atomic E-state index is 5.44. The van der Waals surface area contributed by atoms with Gasteiger partial charge in [-0.2, -0.15) is 0 Å². The molecule has 1 N–H and O–H groups in total. The Balaban J connectivity index is 2.42. The molecule has 0 aromatic carbocycles. The van der Waals surface area contributed by atoms with Gasteiger partial charge in [-0.15, -0.1) is 0 Å². The average Bonchev–Trinajstić information content (AvgIpc) is 1.87. The van der Waals surface area contributed by atoms with Gasteiger partial charge in [-0.05, 0) is 18.9 Å². The van der Waals surface area contributed by atoms with Gasteiger partial charge in [-0.25, -0.2) is 0 Å². The predicted molar refractivity (Wildman–Crippen MR) is 32.2 cm³/mol. The van der Waals surface area contributed by atoms with Crippen molar-refractivity contribution in [2.75, 3.05) is 0 Å². The number of nitrogens with zero attached hydrogens (tertiary/aromatic N) is 1. The topological polar surface area (TPSA) is 15.3 Å². The van der Waals surface area contributed by atoms with Crippen molar-refractivity contribution in [1.82, 2.24) is 9.36 Å². The second-order valence-electron chi connectivity index (χ2n) is 1.22. The number of hydrogen-bond donors (Lipinski definition) is 1. The normalized spacial score (nSPS) is 21.7. The Kier molecular flexibility index (Phi) is 1.46. The fraction of sp³-hybridized carbons (Fsp3) is 0.333. The molecule has 40 valence electrons. The van der Waals surface area contributed by atoms with Crippen molar-refractivity contribution < 1.29 is 0 Å². The van der Waals surface area contributed by atoms with E-state index in [1.54, 1.807) is 0 Å². The second kappa shape index (κ2) is 1.94. The lowest BCUT2D eigenvalue weighted by Gasteiger charge is -1.99. The number of rotatable bonds is 0. The molecular weight excluding hydrogens is 132 g/mol. The summed E-state index contributed by atoms with van der Waals surface area (Å²) in [5.41, 5.74) is 2.77. The van der Waals surface area contributed by atoms with Gasteiger partial charge in [0.15, 0.2) is 0 Å². The van der Waals surface area contributed by atoms with E-state index in [4.69, 9.17) is 11.8 Å². The molecule has 0 amide bonds. The molecule has 1 aliphatic rings. The Morgan fingerprint density at radius 1 is 2.00 bits per heavy atom. The summed E-state index contributed by atoms with van der Waals surface area (Å²) in [4.78, 5) is 1.18. The Labute approximate surface area is 51.7 Å². The van der Waals surface area contributed by atoms with Crippen LogP contribution in [-0.4, -0.2) is 3.93 Å². The number of allylic oxidation sites excluding steroid dienone is 1. The lowest BCUT2D eigenvalue weighted by Crippen LogP contribution is -2.10. The van der Waals surface area contributed by atoms with E-state index in [1.807, 2.05) is 13.1 Å². The highest BCUT2D eigenvalue weighted by Gasteiger charge is 2.05. The molecule has 4 heteroatoms. The first-order valence-electron chi connectivity index (χ1n) is 1.86. The summed E-state index contributed by atoms with van der Waals surface area (Å²) in [6, 6.07) is 0. The van der Waals surface area contributed by atoms with Crippen LogP contribution in [0.1, 0.15) is 6.92 Å². The highest BCUT2D eigenvalue weighted by Crippen LogP contribution is 2.24. The van der Waals surface area contributed by atoms with Crippen molar-refractivity contribution in [3.05, 3.63) is 11.1 Å². The van der Waals surface area contributed by atoms with Crippen molar-refractivity contribution >= 4 is 23.7 Å². The van der Waals surface area contributed by atoms with Gasteiger partial charge in [-0.3, -0.25) is 0 Å². The minimum absolute atomic E-state index is 1.18. The van der Waals surface area contributed by atoms with Crippen LogP contribution in [0.2, 0.25) is 0 Å².